The fraction of sp³-hybridized carbons (Fsp3) is 0.300. The van der Waals surface area contributed by atoms with Crippen LogP contribution in [0.15, 0.2) is 54.6 Å². The standard InChI is InChI=1S/C20H22N2O3/c1-14(15-6-3-2-4-7-15)25-17-11-9-16(10-12-17)20(24)22-13-5-8-18(22)19(21)23/h2-4,6-7,9-12,14,18H,5,8,13H2,1H3,(H2,21,23)/t14-,18+/m0/s1. The number of hydrogen-bond donors (Lipinski definition) is 1. The number of amides is 2. The van der Waals surface area contributed by atoms with E-state index in [2.05, 4.69) is 0 Å². The number of nitrogens with zero attached hydrogens (tertiary/aromatic N) is 1. The first-order valence-electron chi connectivity index (χ1n) is 8.48. The normalized spacial score (nSPS) is 18.0. The number of hydrogen-bond acceptors (Lipinski definition) is 3. The number of ether oxygens (including phenoxy) is 1. The Bertz CT molecular complexity index is 743. The number of rotatable bonds is 5. The minimum atomic E-state index is -0.499. The largest absolute Gasteiger partial charge is 0.486 e. The van der Waals surface area contributed by atoms with Crippen molar-refractivity contribution in [2.75, 3.05) is 6.54 Å². The predicted molar refractivity (Wildman–Crippen MR) is 95.2 cm³/mol. The van der Waals surface area contributed by atoms with Crippen molar-refractivity contribution >= 4 is 11.8 Å². The van der Waals surface area contributed by atoms with Crippen LogP contribution in [-0.4, -0.2) is 29.3 Å². The topological polar surface area (TPSA) is 72.6 Å². The first kappa shape index (κ1) is 17.0. The molecule has 1 aliphatic rings. The highest BCUT2D eigenvalue weighted by molar-refractivity contribution is 5.97. The molecule has 0 aromatic heterocycles. The van der Waals surface area contributed by atoms with Crippen molar-refractivity contribution in [3.05, 3.63) is 65.7 Å². The molecule has 0 bridgehead atoms. The first-order valence-corrected chi connectivity index (χ1v) is 8.48. The van der Waals surface area contributed by atoms with Gasteiger partial charge >= 0.3 is 0 Å². The lowest BCUT2D eigenvalue weighted by Gasteiger charge is -2.22. The van der Waals surface area contributed by atoms with Crippen molar-refractivity contribution in [1.29, 1.82) is 0 Å². The van der Waals surface area contributed by atoms with E-state index in [4.69, 9.17) is 10.5 Å². The van der Waals surface area contributed by atoms with Crippen LogP contribution in [0.1, 0.15) is 41.8 Å². The quantitative estimate of drug-likeness (QED) is 0.911. The van der Waals surface area contributed by atoms with Crippen LogP contribution in [0.2, 0.25) is 0 Å². The van der Waals surface area contributed by atoms with Crippen LogP contribution < -0.4 is 10.5 Å². The van der Waals surface area contributed by atoms with Crippen molar-refractivity contribution in [2.45, 2.75) is 31.9 Å². The van der Waals surface area contributed by atoms with Crippen LogP contribution in [-0.2, 0) is 4.79 Å². The van der Waals surface area contributed by atoms with Crippen molar-refractivity contribution in [2.24, 2.45) is 5.73 Å². The zero-order valence-electron chi connectivity index (χ0n) is 14.2. The van der Waals surface area contributed by atoms with Gasteiger partial charge in [-0.05, 0) is 49.6 Å². The molecule has 2 aromatic carbocycles. The summed E-state index contributed by atoms with van der Waals surface area (Å²) in [5.41, 5.74) is 7.01. The van der Waals surface area contributed by atoms with E-state index in [9.17, 15) is 9.59 Å². The van der Waals surface area contributed by atoms with E-state index in [-0.39, 0.29) is 12.0 Å². The molecule has 130 valence electrons. The SMILES string of the molecule is C[C@H](Oc1ccc(C(=O)N2CCC[C@@H]2C(N)=O)cc1)c1ccccc1. The summed E-state index contributed by atoms with van der Waals surface area (Å²) in [5, 5.41) is 0. The minimum Gasteiger partial charge on any atom is -0.486 e. The molecule has 2 N–H and O–H groups in total. The van der Waals surface area contributed by atoms with Crippen LogP contribution in [0.3, 0.4) is 0 Å². The summed E-state index contributed by atoms with van der Waals surface area (Å²) < 4.78 is 5.92. The molecule has 5 nitrogen and oxygen atoms in total. The molecule has 0 aliphatic carbocycles. The lowest BCUT2D eigenvalue weighted by molar-refractivity contribution is -0.121. The summed E-state index contributed by atoms with van der Waals surface area (Å²) in [6.45, 7) is 2.55. The van der Waals surface area contributed by atoms with Crippen LogP contribution in [0.5, 0.6) is 5.75 Å². The van der Waals surface area contributed by atoms with Crippen LogP contribution in [0, 0.1) is 0 Å². The number of likely N-dealkylation sites (tertiary alicyclic amines) is 1. The molecule has 2 amide bonds. The number of carbonyl (C=O) groups is 2. The molecular formula is C20H22N2O3. The number of nitrogens with two attached hydrogens (primary N) is 1. The van der Waals surface area contributed by atoms with Crippen LogP contribution in [0.25, 0.3) is 0 Å². The maximum atomic E-state index is 12.6. The van der Waals surface area contributed by atoms with E-state index in [1.54, 1.807) is 29.2 Å². The van der Waals surface area contributed by atoms with Gasteiger partial charge in [0.2, 0.25) is 5.91 Å². The Hall–Kier alpha value is -2.82. The smallest absolute Gasteiger partial charge is 0.254 e. The Morgan fingerprint density at radius 2 is 1.80 bits per heavy atom. The molecular weight excluding hydrogens is 316 g/mol. The summed E-state index contributed by atoms with van der Waals surface area (Å²) in [5.74, 6) is 0.0900. The number of carbonyl (C=O) groups excluding carboxylic acids is 2. The Labute approximate surface area is 147 Å². The molecule has 25 heavy (non-hydrogen) atoms. The Balaban J connectivity index is 1.68. The molecule has 1 aliphatic heterocycles. The fourth-order valence-corrected chi connectivity index (χ4v) is 3.14. The van der Waals surface area contributed by atoms with Gasteiger partial charge in [-0.2, -0.15) is 0 Å². The average molecular weight is 338 g/mol. The second-order valence-electron chi connectivity index (χ2n) is 6.25. The lowest BCUT2D eigenvalue weighted by atomic mass is 10.1. The van der Waals surface area contributed by atoms with E-state index in [0.29, 0.717) is 24.3 Å². The molecule has 0 spiro atoms. The monoisotopic (exact) mass is 338 g/mol. The van der Waals surface area contributed by atoms with Gasteiger partial charge in [0.05, 0.1) is 0 Å². The third kappa shape index (κ3) is 3.82. The summed E-state index contributed by atoms with van der Waals surface area (Å²) in [4.78, 5) is 25.6. The Kier molecular flexibility index (Phi) is 5.03. The Morgan fingerprint density at radius 1 is 1.12 bits per heavy atom. The number of primary amides is 1. The van der Waals surface area contributed by atoms with E-state index >= 15 is 0 Å². The second-order valence-corrected chi connectivity index (χ2v) is 6.25. The molecule has 1 saturated heterocycles. The Morgan fingerprint density at radius 3 is 2.44 bits per heavy atom. The van der Waals surface area contributed by atoms with Crippen molar-refractivity contribution in [3.8, 4) is 5.75 Å². The van der Waals surface area contributed by atoms with Gasteiger partial charge in [0.25, 0.3) is 5.91 Å². The summed E-state index contributed by atoms with van der Waals surface area (Å²) in [7, 11) is 0. The highest BCUT2D eigenvalue weighted by Crippen LogP contribution is 2.24. The minimum absolute atomic E-state index is 0.0828. The van der Waals surface area contributed by atoms with Crippen LogP contribution in [0.4, 0.5) is 0 Å². The van der Waals surface area contributed by atoms with Gasteiger partial charge in [0.15, 0.2) is 0 Å². The third-order valence-corrected chi connectivity index (χ3v) is 4.53. The van der Waals surface area contributed by atoms with E-state index in [1.807, 2.05) is 37.3 Å². The summed E-state index contributed by atoms with van der Waals surface area (Å²) in [6, 6.07) is 16.5. The van der Waals surface area contributed by atoms with Gasteiger partial charge in [-0.1, -0.05) is 30.3 Å². The fourth-order valence-electron chi connectivity index (χ4n) is 3.14. The van der Waals surface area contributed by atoms with Gasteiger partial charge in [-0.3, -0.25) is 9.59 Å². The van der Waals surface area contributed by atoms with E-state index < -0.39 is 11.9 Å². The molecule has 1 fully saturated rings. The van der Waals surface area contributed by atoms with Gasteiger partial charge in [0.1, 0.15) is 17.9 Å². The summed E-state index contributed by atoms with van der Waals surface area (Å²) >= 11 is 0. The van der Waals surface area contributed by atoms with Gasteiger partial charge in [0, 0.05) is 12.1 Å². The highest BCUT2D eigenvalue weighted by atomic mass is 16.5. The lowest BCUT2D eigenvalue weighted by Crippen LogP contribution is -2.43. The average Bonchev–Trinajstić information content (AvgIpc) is 3.12. The summed E-state index contributed by atoms with van der Waals surface area (Å²) in [6.07, 6.45) is 1.35. The highest BCUT2D eigenvalue weighted by Gasteiger charge is 2.33. The van der Waals surface area contributed by atoms with Crippen molar-refractivity contribution in [3.63, 3.8) is 0 Å². The van der Waals surface area contributed by atoms with E-state index in [0.717, 1.165) is 12.0 Å². The number of benzene rings is 2. The zero-order valence-corrected chi connectivity index (χ0v) is 14.2. The van der Waals surface area contributed by atoms with Crippen molar-refractivity contribution in [1.82, 2.24) is 4.90 Å². The second kappa shape index (κ2) is 7.38. The van der Waals surface area contributed by atoms with Gasteiger partial charge in [-0.15, -0.1) is 0 Å². The maximum Gasteiger partial charge on any atom is 0.254 e. The molecule has 0 saturated carbocycles. The van der Waals surface area contributed by atoms with E-state index in [1.165, 1.54) is 0 Å². The molecule has 0 radical (unpaired) electrons. The van der Waals surface area contributed by atoms with Gasteiger partial charge < -0.3 is 15.4 Å². The third-order valence-electron chi connectivity index (χ3n) is 4.53. The molecule has 2 atom stereocenters. The van der Waals surface area contributed by atoms with Crippen LogP contribution >= 0.6 is 0 Å². The van der Waals surface area contributed by atoms with Gasteiger partial charge in [-0.25, -0.2) is 0 Å². The molecule has 0 unspecified atom stereocenters. The first-order chi connectivity index (χ1) is 12.1. The molecule has 3 rings (SSSR count). The predicted octanol–water partition coefficient (Wildman–Crippen LogP) is 2.92. The maximum absolute atomic E-state index is 12.6. The zero-order chi connectivity index (χ0) is 17.8. The molecule has 1 heterocycles. The molecule has 5 heteroatoms. The van der Waals surface area contributed by atoms with Crippen molar-refractivity contribution < 1.29 is 14.3 Å². The molecule has 2 aromatic rings.